The zero-order valence-corrected chi connectivity index (χ0v) is 13.8. The van der Waals surface area contributed by atoms with E-state index in [4.69, 9.17) is 16.3 Å². The van der Waals surface area contributed by atoms with Crippen molar-refractivity contribution in [1.82, 2.24) is 10.3 Å². The Morgan fingerprint density at radius 2 is 2.29 bits per heavy atom. The van der Waals surface area contributed by atoms with Gasteiger partial charge in [-0.1, -0.05) is 23.7 Å². The topological polar surface area (TPSA) is 71.5 Å². The molecule has 1 atom stereocenters. The van der Waals surface area contributed by atoms with Gasteiger partial charge in [0.15, 0.2) is 0 Å². The number of nitrogens with one attached hydrogen (secondary N) is 1. The fourth-order valence-electron chi connectivity index (χ4n) is 2.52. The number of halogens is 1. The van der Waals surface area contributed by atoms with Crippen molar-refractivity contribution in [3.05, 3.63) is 47.7 Å². The zero-order valence-electron chi connectivity index (χ0n) is 13.0. The summed E-state index contributed by atoms with van der Waals surface area (Å²) >= 11 is 6.37. The quantitative estimate of drug-likeness (QED) is 0.924. The second-order valence-corrected chi connectivity index (χ2v) is 5.87. The van der Waals surface area contributed by atoms with Crippen LogP contribution in [-0.2, 0) is 9.53 Å². The van der Waals surface area contributed by atoms with Gasteiger partial charge in [0.25, 0.3) is 0 Å². The van der Waals surface area contributed by atoms with Crippen LogP contribution < -0.4 is 10.2 Å². The molecule has 1 saturated heterocycles. The Balaban J connectivity index is 1.77. The third-order valence-corrected chi connectivity index (χ3v) is 4.00. The van der Waals surface area contributed by atoms with Crippen molar-refractivity contribution in [1.29, 1.82) is 0 Å². The van der Waals surface area contributed by atoms with Gasteiger partial charge in [0.05, 0.1) is 18.1 Å². The van der Waals surface area contributed by atoms with Gasteiger partial charge in [-0.3, -0.25) is 14.7 Å². The van der Waals surface area contributed by atoms with Crippen LogP contribution in [0.15, 0.2) is 42.7 Å². The van der Waals surface area contributed by atoms with Crippen molar-refractivity contribution in [2.24, 2.45) is 0 Å². The molecule has 1 fully saturated rings. The number of cyclic esters (lactones) is 1. The molecule has 1 unspecified atom stereocenters. The average molecular weight is 346 g/mol. The number of rotatable bonds is 4. The Bertz CT molecular complexity index is 767. The van der Waals surface area contributed by atoms with Gasteiger partial charge in [-0.2, -0.15) is 0 Å². The number of aromatic nitrogens is 1. The minimum absolute atomic E-state index is 0.159. The van der Waals surface area contributed by atoms with Gasteiger partial charge in [-0.15, -0.1) is 0 Å². The summed E-state index contributed by atoms with van der Waals surface area (Å²) in [4.78, 5) is 28.6. The van der Waals surface area contributed by atoms with Crippen LogP contribution >= 0.6 is 11.6 Å². The van der Waals surface area contributed by atoms with E-state index in [0.29, 0.717) is 23.8 Å². The molecule has 124 valence electrons. The predicted octanol–water partition coefficient (Wildman–Crippen LogP) is 2.86. The van der Waals surface area contributed by atoms with Crippen molar-refractivity contribution >= 4 is 29.3 Å². The number of pyridine rings is 1. The van der Waals surface area contributed by atoms with E-state index < -0.39 is 6.09 Å². The molecular formula is C17H16ClN3O3. The first-order valence-electron chi connectivity index (χ1n) is 7.47. The van der Waals surface area contributed by atoms with E-state index in [2.05, 4.69) is 10.3 Å². The van der Waals surface area contributed by atoms with Crippen LogP contribution in [0.3, 0.4) is 0 Å². The largest absolute Gasteiger partial charge is 0.442 e. The lowest BCUT2D eigenvalue weighted by Crippen LogP contribution is -2.33. The minimum Gasteiger partial charge on any atom is -0.442 e. The van der Waals surface area contributed by atoms with Crippen molar-refractivity contribution in [3.63, 3.8) is 0 Å². The van der Waals surface area contributed by atoms with E-state index in [9.17, 15) is 9.59 Å². The summed E-state index contributed by atoms with van der Waals surface area (Å²) in [6.45, 7) is 2.08. The lowest BCUT2D eigenvalue weighted by Gasteiger charge is -2.15. The van der Waals surface area contributed by atoms with E-state index in [0.717, 1.165) is 11.1 Å². The molecular weight excluding hydrogens is 330 g/mol. The fourth-order valence-corrected chi connectivity index (χ4v) is 2.81. The van der Waals surface area contributed by atoms with Gasteiger partial charge >= 0.3 is 6.09 Å². The van der Waals surface area contributed by atoms with Crippen LogP contribution in [0.1, 0.15) is 6.92 Å². The first kappa shape index (κ1) is 16.3. The van der Waals surface area contributed by atoms with Crippen molar-refractivity contribution in [2.75, 3.05) is 18.0 Å². The Kier molecular flexibility index (Phi) is 4.66. The van der Waals surface area contributed by atoms with Crippen LogP contribution in [-0.4, -0.2) is 36.2 Å². The Labute approximate surface area is 144 Å². The number of carbonyl (C=O) groups excluding carboxylic acids is 2. The molecule has 2 heterocycles. The molecule has 0 radical (unpaired) electrons. The number of nitrogens with zero attached hydrogens (tertiary/aromatic N) is 2. The number of hydrogen-bond acceptors (Lipinski definition) is 4. The predicted molar refractivity (Wildman–Crippen MR) is 91.0 cm³/mol. The van der Waals surface area contributed by atoms with Crippen LogP contribution in [0, 0.1) is 0 Å². The molecule has 1 aliphatic rings. The molecule has 3 rings (SSSR count). The van der Waals surface area contributed by atoms with Crippen molar-refractivity contribution in [2.45, 2.75) is 13.0 Å². The number of hydrogen-bond donors (Lipinski definition) is 1. The number of ether oxygens (including phenoxy) is 1. The lowest BCUT2D eigenvalue weighted by atomic mass is 10.1. The zero-order chi connectivity index (χ0) is 17.1. The van der Waals surface area contributed by atoms with Crippen LogP contribution in [0.5, 0.6) is 0 Å². The average Bonchev–Trinajstić information content (AvgIpc) is 2.94. The van der Waals surface area contributed by atoms with Crippen molar-refractivity contribution < 1.29 is 14.3 Å². The summed E-state index contributed by atoms with van der Waals surface area (Å²) in [6.07, 6.45) is 2.60. The van der Waals surface area contributed by atoms with Gasteiger partial charge in [0.2, 0.25) is 5.91 Å². The second kappa shape index (κ2) is 6.88. The molecule has 1 aromatic carbocycles. The molecule has 2 aromatic rings. The van der Waals surface area contributed by atoms with E-state index in [-0.39, 0.29) is 12.0 Å². The summed E-state index contributed by atoms with van der Waals surface area (Å²) in [7, 11) is 0. The first-order chi connectivity index (χ1) is 11.5. The Morgan fingerprint density at radius 1 is 1.46 bits per heavy atom. The van der Waals surface area contributed by atoms with Crippen molar-refractivity contribution in [3.8, 4) is 11.1 Å². The normalized spacial score (nSPS) is 16.8. The summed E-state index contributed by atoms with van der Waals surface area (Å²) in [6, 6.07) is 9.15. The third kappa shape index (κ3) is 3.49. The van der Waals surface area contributed by atoms with Crippen LogP contribution in [0.4, 0.5) is 10.5 Å². The van der Waals surface area contributed by atoms with E-state index >= 15 is 0 Å². The lowest BCUT2D eigenvalue weighted by molar-refractivity contribution is -0.119. The third-order valence-electron chi connectivity index (χ3n) is 3.69. The van der Waals surface area contributed by atoms with Gasteiger partial charge in [0, 0.05) is 36.1 Å². The number of carbonyl (C=O) groups is 2. The Hall–Kier alpha value is -2.60. The number of anilines is 1. The highest BCUT2D eigenvalue weighted by molar-refractivity contribution is 6.33. The summed E-state index contributed by atoms with van der Waals surface area (Å²) < 4.78 is 5.25. The van der Waals surface area contributed by atoms with Gasteiger partial charge in [0.1, 0.15) is 6.10 Å². The molecule has 2 amide bonds. The maximum Gasteiger partial charge on any atom is 0.414 e. The molecule has 6 nitrogen and oxygen atoms in total. The molecule has 24 heavy (non-hydrogen) atoms. The summed E-state index contributed by atoms with van der Waals surface area (Å²) in [5, 5.41) is 3.17. The molecule has 0 saturated carbocycles. The van der Waals surface area contributed by atoms with Gasteiger partial charge < -0.3 is 10.1 Å². The Morgan fingerprint density at radius 3 is 2.96 bits per heavy atom. The molecule has 1 N–H and O–H groups in total. The highest BCUT2D eigenvalue weighted by atomic mass is 35.5. The summed E-state index contributed by atoms with van der Waals surface area (Å²) in [5.41, 5.74) is 2.40. The van der Waals surface area contributed by atoms with E-state index in [1.165, 1.54) is 11.8 Å². The number of benzene rings is 1. The highest BCUT2D eigenvalue weighted by Crippen LogP contribution is 2.32. The SMILES string of the molecule is CC(=O)NCC1CN(c2ccc(-c3cccnc3)c(Cl)c2)C(=O)O1. The molecule has 1 aromatic heterocycles. The smallest absolute Gasteiger partial charge is 0.414 e. The molecule has 0 bridgehead atoms. The maximum atomic E-state index is 12.0. The maximum absolute atomic E-state index is 12.0. The minimum atomic E-state index is -0.449. The van der Waals surface area contributed by atoms with Crippen LogP contribution in [0.2, 0.25) is 5.02 Å². The van der Waals surface area contributed by atoms with Gasteiger partial charge in [-0.05, 0) is 18.2 Å². The second-order valence-electron chi connectivity index (χ2n) is 5.46. The van der Waals surface area contributed by atoms with Crippen LogP contribution in [0.25, 0.3) is 11.1 Å². The first-order valence-corrected chi connectivity index (χ1v) is 7.85. The summed E-state index contributed by atoms with van der Waals surface area (Å²) in [5.74, 6) is -0.159. The number of amides is 2. The molecule has 1 aliphatic heterocycles. The molecule has 0 aliphatic carbocycles. The molecule has 7 heteroatoms. The standard InChI is InChI=1S/C17H16ClN3O3/c1-11(22)20-9-14-10-21(17(23)24-14)13-4-5-15(16(18)7-13)12-3-2-6-19-8-12/h2-8,14H,9-10H2,1H3,(H,20,22). The van der Waals surface area contributed by atoms with Gasteiger partial charge in [-0.25, -0.2) is 4.79 Å². The fraction of sp³-hybridized carbons (Fsp3) is 0.235. The monoisotopic (exact) mass is 345 g/mol. The highest BCUT2D eigenvalue weighted by Gasteiger charge is 2.32. The molecule has 0 spiro atoms. The van der Waals surface area contributed by atoms with E-state index in [1.54, 1.807) is 18.5 Å². The van der Waals surface area contributed by atoms with E-state index in [1.807, 2.05) is 24.3 Å².